The third-order valence-electron chi connectivity index (χ3n) is 3.76. The Kier molecular flexibility index (Phi) is 4.33. The van der Waals surface area contributed by atoms with Crippen molar-refractivity contribution in [3.63, 3.8) is 0 Å². The van der Waals surface area contributed by atoms with Crippen molar-refractivity contribution < 1.29 is 0 Å². The van der Waals surface area contributed by atoms with Crippen molar-refractivity contribution in [3.05, 3.63) is 47.7 Å². The first kappa shape index (κ1) is 15.8. The maximum atomic E-state index is 5.82. The number of benzene rings is 1. The monoisotopic (exact) mass is 323 g/mol. The zero-order valence-corrected chi connectivity index (χ0v) is 13.6. The SMILES string of the molecule is CCCc1cn(Cc2ccccc2)nc1-c1nc(N)c(N)c(N)n1. The first-order chi connectivity index (χ1) is 11.6. The van der Waals surface area contributed by atoms with Crippen LogP contribution in [0.15, 0.2) is 36.5 Å². The molecule has 2 heterocycles. The number of anilines is 3. The van der Waals surface area contributed by atoms with Gasteiger partial charge >= 0.3 is 0 Å². The van der Waals surface area contributed by atoms with Gasteiger partial charge in [0.2, 0.25) is 0 Å². The Morgan fingerprint density at radius 3 is 2.29 bits per heavy atom. The van der Waals surface area contributed by atoms with Crippen LogP contribution in [0.1, 0.15) is 24.5 Å². The highest BCUT2D eigenvalue weighted by atomic mass is 15.3. The normalized spacial score (nSPS) is 10.9. The van der Waals surface area contributed by atoms with Crippen LogP contribution in [-0.2, 0) is 13.0 Å². The fourth-order valence-electron chi connectivity index (χ4n) is 2.57. The van der Waals surface area contributed by atoms with Gasteiger partial charge in [0.15, 0.2) is 17.5 Å². The zero-order valence-electron chi connectivity index (χ0n) is 13.6. The minimum Gasteiger partial charge on any atom is -0.393 e. The van der Waals surface area contributed by atoms with Gasteiger partial charge in [-0.2, -0.15) is 5.10 Å². The lowest BCUT2D eigenvalue weighted by atomic mass is 10.1. The van der Waals surface area contributed by atoms with Crippen LogP contribution in [-0.4, -0.2) is 19.7 Å². The highest BCUT2D eigenvalue weighted by molar-refractivity contribution is 5.74. The van der Waals surface area contributed by atoms with Crippen molar-refractivity contribution in [2.45, 2.75) is 26.3 Å². The summed E-state index contributed by atoms with van der Waals surface area (Å²) in [5.41, 5.74) is 20.5. The molecule has 0 unspecified atom stereocenters. The molecule has 0 saturated carbocycles. The van der Waals surface area contributed by atoms with Gasteiger partial charge in [-0.3, -0.25) is 4.68 Å². The van der Waals surface area contributed by atoms with Gasteiger partial charge in [-0.1, -0.05) is 43.7 Å². The molecule has 0 atom stereocenters. The number of hydrogen-bond donors (Lipinski definition) is 3. The number of aryl methyl sites for hydroxylation is 1. The first-order valence-corrected chi connectivity index (χ1v) is 7.87. The van der Waals surface area contributed by atoms with Crippen LogP contribution < -0.4 is 17.2 Å². The maximum absolute atomic E-state index is 5.82. The van der Waals surface area contributed by atoms with Crippen LogP contribution in [0.5, 0.6) is 0 Å². The van der Waals surface area contributed by atoms with Crippen molar-refractivity contribution in [1.82, 2.24) is 19.7 Å². The largest absolute Gasteiger partial charge is 0.393 e. The van der Waals surface area contributed by atoms with Crippen LogP contribution in [0.2, 0.25) is 0 Å². The van der Waals surface area contributed by atoms with Gasteiger partial charge in [-0.05, 0) is 12.0 Å². The van der Waals surface area contributed by atoms with Gasteiger partial charge in [0.1, 0.15) is 11.4 Å². The lowest BCUT2D eigenvalue weighted by molar-refractivity contribution is 0.687. The average molecular weight is 323 g/mol. The second-order valence-corrected chi connectivity index (χ2v) is 5.67. The Morgan fingerprint density at radius 2 is 1.67 bits per heavy atom. The molecule has 24 heavy (non-hydrogen) atoms. The van der Waals surface area contributed by atoms with Crippen LogP contribution in [0, 0.1) is 0 Å². The quantitative estimate of drug-likeness (QED) is 0.661. The molecule has 7 heteroatoms. The van der Waals surface area contributed by atoms with E-state index in [1.807, 2.05) is 29.1 Å². The molecule has 3 rings (SSSR count). The third-order valence-corrected chi connectivity index (χ3v) is 3.76. The van der Waals surface area contributed by atoms with E-state index in [4.69, 9.17) is 17.2 Å². The van der Waals surface area contributed by atoms with Gasteiger partial charge in [-0.15, -0.1) is 0 Å². The molecule has 0 bridgehead atoms. The van der Waals surface area contributed by atoms with E-state index in [0.717, 1.165) is 18.4 Å². The molecular weight excluding hydrogens is 302 g/mol. The van der Waals surface area contributed by atoms with Crippen molar-refractivity contribution in [2.75, 3.05) is 17.2 Å². The maximum Gasteiger partial charge on any atom is 0.184 e. The van der Waals surface area contributed by atoms with E-state index < -0.39 is 0 Å². The van der Waals surface area contributed by atoms with E-state index >= 15 is 0 Å². The number of aromatic nitrogens is 4. The summed E-state index contributed by atoms with van der Waals surface area (Å²) in [6, 6.07) is 10.1. The Morgan fingerprint density at radius 1 is 1.00 bits per heavy atom. The van der Waals surface area contributed by atoms with Gasteiger partial charge in [0.25, 0.3) is 0 Å². The fourth-order valence-corrected chi connectivity index (χ4v) is 2.57. The lowest BCUT2D eigenvalue weighted by Crippen LogP contribution is -2.07. The van der Waals surface area contributed by atoms with Crippen LogP contribution in [0.3, 0.4) is 0 Å². The summed E-state index contributed by atoms with van der Waals surface area (Å²) in [5.74, 6) is 0.768. The van der Waals surface area contributed by atoms with Crippen LogP contribution >= 0.6 is 0 Å². The molecule has 1 aromatic carbocycles. The Labute approximate surface area is 140 Å². The summed E-state index contributed by atoms with van der Waals surface area (Å²) in [7, 11) is 0. The van der Waals surface area contributed by atoms with Crippen molar-refractivity contribution >= 4 is 17.3 Å². The molecule has 0 spiro atoms. The molecule has 0 aliphatic heterocycles. The molecule has 6 N–H and O–H groups in total. The standard InChI is InChI=1S/C17H21N7/c1-2-6-12-10-24(9-11-7-4-3-5-8-11)23-14(12)17-21-15(19)13(18)16(20)22-17/h3-5,7-8,10H,2,6,9,18H2,1H3,(H4,19,20,21,22). The predicted molar refractivity (Wildman–Crippen MR) is 96.0 cm³/mol. The van der Waals surface area contributed by atoms with Gasteiger partial charge in [0, 0.05) is 11.8 Å². The Hall–Kier alpha value is -3.09. The van der Waals surface area contributed by atoms with Crippen LogP contribution in [0.25, 0.3) is 11.5 Å². The molecule has 0 aliphatic carbocycles. The van der Waals surface area contributed by atoms with Gasteiger partial charge in [0.05, 0.1) is 6.54 Å². The molecule has 0 saturated heterocycles. The highest BCUT2D eigenvalue weighted by Crippen LogP contribution is 2.26. The summed E-state index contributed by atoms with van der Waals surface area (Å²) < 4.78 is 1.89. The summed E-state index contributed by atoms with van der Waals surface area (Å²) in [6.07, 6.45) is 3.89. The topological polar surface area (TPSA) is 122 Å². The zero-order chi connectivity index (χ0) is 17.1. The van der Waals surface area contributed by atoms with Crippen molar-refractivity contribution in [3.8, 4) is 11.5 Å². The molecule has 124 valence electrons. The van der Waals surface area contributed by atoms with E-state index in [2.05, 4.69) is 34.1 Å². The van der Waals surface area contributed by atoms with E-state index in [-0.39, 0.29) is 17.3 Å². The smallest absolute Gasteiger partial charge is 0.184 e. The fraction of sp³-hybridized carbons (Fsp3) is 0.235. The second-order valence-electron chi connectivity index (χ2n) is 5.67. The van der Waals surface area contributed by atoms with Gasteiger partial charge < -0.3 is 17.2 Å². The van der Waals surface area contributed by atoms with Crippen molar-refractivity contribution in [2.24, 2.45) is 0 Å². The van der Waals surface area contributed by atoms with E-state index in [0.29, 0.717) is 18.1 Å². The number of nitrogens with zero attached hydrogens (tertiary/aromatic N) is 4. The van der Waals surface area contributed by atoms with Crippen molar-refractivity contribution in [1.29, 1.82) is 0 Å². The third kappa shape index (κ3) is 3.15. The predicted octanol–water partition coefficient (Wildman–Crippen LogP) is 2.09. The van der Waals surface area contributed by atoms with E-state index in [1.165, 1.54) is 5.56 Å². The molecule has 7 nitrogen and oxygen atoms in total. The minimum absolute atomic E-state index is 0.178. The first-order valence-electron chi connectivity index (χ1n) is 7.87. The molecule has 0 fully saturated rings. The Bertz CT molecular complexity index is 816. The molecule has 3 aromatic rings. The molecular formula is C17H21N7. The number of rotatable bonds is 5. The van der Waals surface area contributed by atoms with E-state index in [1.54, 1.807) is 0 Å². The van der Waals surface area contributed by atoms with E-state index in [9.17, 15) is 0 Å². The highest BCUT2D eigenvalue weighted by Gasteiger charge is 2.16. The number of hydrogen-bond acceptors (Lipinski definition) is 6. The number of nitrogens with two attached hydrogens (primary N) is 3. The summed E-state index contributed by atoms with van der Waals surface area (Å²) in [6.45, 7) is 2.79. The Balaban J connectivity index is 2.00. The lowest BCUT2D eigenvalue weighted by Gasteiger charge is -2.06. The summed E-state index contributed by atoms with van der Waals surface area (Å²) in [5, 5.41) is 4.65. The molecule has 0 aliphatic rings. The number of nitrogen functional groups attached to an aromatic ring is 3. The molecule has 2 aromatic heterocycles. The molecule has 0 radical (unpaired) electrons. The average Bonchev–Trinajstić information content (AvgIpc) is 2.96. The summed E-state index contributed by atoms with van der Waals surface area (Å²) >= 11 is 0. The van der Waals surface area contributed by atoms with Gasteiger partial charge in [-0.25, -0.2) is 9.97 Å². The van der Waals surface area contributed by atoms with Crippen LogP contribution in [0.4, 0.5) is 17.3 Å². The summed E-state index contributed by atoms with van der Waals surface area (Å²) in [4.78, 5) is 8.51. The minimum atomic E-state index is 0.178. The molecule has 0 amide bonds. The second kappa shape index (κ2) is 6.57.